The molecule has 1 saturated carbocycles. The van der Waals surface area contributed by atoms with Gasteiger partial charge >= 0.3 is 6.09 Å². The number of anilines is 1. The average Bonchev–Trinajstić information content (AvgIpc) is 3.29. The normalized spacial score (nSPS) is 22.5. The van der Waals surface area contributed by atoms with E-state index < -0.39 is 26.1 Å². The predicted molar refractivity (Wildman–Crippen MR) is 134 cm³/mol. The lowest BCUT2D eigenvalue weighted by molar-refractivity contribution is 0.0453. The minimum absolute atomic E-state index is 0.0156. The lowest BCUT2D eigenvalue weighted by atomic mass is 10.1. The molecule has 3 rings (SSSR count). The Bertz CT molecular complexity index is 806. The number of hydrogen-bond acceptors (Lipinski definition) is 6. The number of carbonyl (C=O) groups is 1. The molecule has 0 spiro atoms. The Morgan fingerprint density at radius 2 is 1.85 bits per heavy atom. The van der Waals surface area contributed by atoms with Crippen molar-refractivity contribution in [2.75, 3.05) is 24.5 Å². The summed E-state index contributed by atoms with van der Waals surface area (Å²) in [6.07, 6.45) is 1.97. The molecule has 4 atom stereocenters. The smallest absolute Gasteiger partial charge is 0.407 e. The lowest BCUT2D eigenvalue weighted by Crippen LogP contribution is -2.47. The van der Waals surface area contributed by atoms with Crippen molar-refractivity contribution in [1.82, 2.24) is 10.3 Å². The number of rotatable bonds is 8. The van der Waals surface area contributed by atoms with E-state index in [0.717, 1.165) is 36.3 Å². The van der Waals surface area contributed by atoms with Crippen molar-refractivity contribution in [1.29, 1.82) is 0 Å². The van der Waals surface area contributed by atoms with Gasteiger partial charge in [-0.05, 0) is 68.8 Å². The highest BCUT2D eigenvalue weighted by Gasteiger charge is 2.45. The van der Waals surface area contributed by atoms with Crippen molar-refractivity contribution in [2.24, 2.45) is 11.8 Å². The zero-order valence-electron chi connectivity index (χ0n) is 21.6. The summed E-state index contributed by atoms with van der Waals surface area (Å²) in [6, 6.07) is 3.97. The quantitative estimate of drug-likeness (QED) is 0.519. The number of nitrogens with zero attached hydrogens (tertiary/aromatic N) is 2. The monoisotopic (exact) mass is 477 g/mol. The molecule has 7 nitrogen and oxygen atoms in total. The van der Waals surface area contributed by atoms with Crippen LogP contribution >= 0.6 is 0 Å². The van der Waals surface area contributed by atoms with Crippen LogP contribution in [0.2, 0.25) is 18.1 Å². The summed E-state index contributed by atoms with van der Waals surface area (Å²) < 4.78 is 12.0. The number of nitrogens with one attached hydrogen (secondary N) is 1. The molecule has 1 aromatic rings. The molecule has 1 aromatic heterocycles. The second kappa shape index (κ2) is 9.54. The van der Waals surface area contributed by atoms with E-state index in [4.69, 9.17) is 9.16 Å². The molecular weight excluding hydrogens is 434 g/mol. The van der Waals surface area contributed by atoms with Gasteiger partial charge in [0.2, 0.25) is 0 Å². The van der Waals surface area contributed by atoms with E-state index in [9.17, 15) is 9.90 Å². The summed E-state index contributed by atoms with van der Waals surface area (Å²) in [5.41, 5.74) is 0.201. The topological polar surface area (TPSA) is 83.9 Å². The van der Waals surface area contributed by atoms with Gasteiger partial charge in [0.15, 0.2) is 8.32 Å². The first-order chi connectivity index (χ1) is 15.1. The van der Waals surface area contributed by atoms with Crippen LogP contribution in [0.4, 0.5) is 10.6 Å². The molecule has 1 amide bonds. The highest BCUT2D eigenvalue weighted by molar-refractivity contribution is 6.74. The number of pyridine rings is 1. The van der Waals surface area contributed by atoms with Gasteiger partial charge in [0.1, 0.15) is 11.4 Å². The first kappa shape index (κ1) is 26.0. The third kappa shape index (κ3) is 7.17. The Morgan fingerprint density at radius 3 is 2.36 bits per heavy atom. The Balaban J connectivity index is 1.63. The second-order valence-electron chi connectivity index (χ2n) is 12.2. The summed E-state index contributed by atoms with van der Waals surface area (Å²) in [5, 5.41) is 13.8. The van der Waals surface area contributed by atoms with Crippen molar-refractivity contribution in [3.63, 3.8) is 0 Å². The number of piperidine rings is 1. The fourth-order valence-electron chi connectivity index (χ4n) is 4.03. The van der Waals surface area contributed by atoms with Crippen LogP contribution < -0.4 is 10.2 Å². The third-order valence-electron chi connectivity index (χ3n) is 7.08. The molecule has 2 fully saturated rings. The van der Waals surface area contributed by atoms with Crippen molar-refractivity contribution in [3.05, 3.63) is 23.9 Å². The zero-order chi connectivity index (χ0) is 24.6. The second-order valence-corrected chi connectivity index (χ2v) is 17.0. The number of amides is 1. The molecule has 3 unspecified atom stereocenters. The molecule has 2 N–H and O–H groups in total. The molecular formula is C25H43N3O4Si. The first-order valence-electron chi connectivity index (χ1n) is 12.2. The van der Waals surface area contributed by atoms with Gasteiger partial charge < -0.3 is 24.5 Å². The summed E-state index contributed by atoms with van der Waals surface area (Å²) in [7, 11) is -2.11. The summed E-state index contributed by atoms with van der Waals surface area (Å²) in [4.78, 5) is 19.2. The molecule has 8 heteroatoms. The van der Waals surface area contributed by atoms with Crippen molar-refractivity contribution in [2.45, 2.75) is 90.3 Å². The number of alkyl carbamates (subject to hydrolysis) is 1. The van der Waals surface area contributed by atoms with Gasteiger partial charge in [-0.15, -0.1) is 0 Å². The summed E-state index contributed by atoms with van der Waals surface area (Å²) in [5.74, 6) is 2.68. The number of carbonyl (C=O) groups excluding carboxylic acids is 1. The van der Waals surface area contributed by atoms with Crippen molar-refractivity contribution in [3.8, 4) is 0 Å². The number of hydrogen-bond donors (Lipinski definition) is 2. The molecule has 0 bridgehead atoms. The van der Waals surface area contributed by atoms with Gasteiger partial charge in [0, 0.05) is 32.3 Å². The highest BCUT2D eigenvalue weighted by Crippen LogP contribution is 2.46. The van der Waals surface area contributed by atoms with Crippen LogP contribution in [-0.2, 0) is 9.16 Å². The van der Waals surface area contributed by atoms with Gasteiger partial charge in [0.05, 0.1) is 12.2 Å². The lowest BCUT2D eigenvalue weighted by Gasteiger charge is -2.39. The van der Waals surface area contributed by atoms with Crippen molar-refractivity contribution < 1.29 is 19.1 Å². The summed E-state index contributed by atoms with van der Waals surface area (Å²) in [6.45, 7) is 18.9. The molecule has 0 radical (unpaired) electrons. The fraction of sp³-hybridized carbons (Fsp3) is 0.760. The van der Waals surface area contributed by atoms with E-state index in [-0.39, 0.29) is 17.7 Å². The SMILES string of the molecule is CC(C)(C)OC(=O)NC[C@H](CC(O)c1ccc(N2CC3CC3C2)nc1)O[Si](C)(C)C(C)(C)C. The molecule has 1 aliphatic heterocycles. The number of ether oxygens (including phenoxy) is 1. The molecule has 186 valence electrons. The third-order valence-corrected chi connectivity index (χ3v) is 11.6. The number of aromatic nitrogens is 1. The Labute approximate surface area is 200 Å². The highest BCUT2D eigenvalue weighted by atomic mass is 28.4. The van der Waals surface area contributed by atoms with Crippen LogP contribution in [0.25, 0.3) is 0 Å². The van der Waals surface area contributed by atoms with Gasteiger partial charge in [-0.25, -0.2) is 9.78 Å². The predicted octanol–water partition coefficient (Wildman–Crippen LogP) is 4.88. The Kier molecular flexibility index (Phi) is 7.51. The van der Waals surface area contributed by atoms with Gasteiger partial charge in [-0.2, -0.15) is 0 Å². The van der Waals surface area contributed by atoms with Crippen LogP contribution in [0.1, 0.15) is 66.1 Å². The average molecular weight is 478 g/mol. The maximum absolute atomic E-state index is 12.2. The van der Waals surface area contributed by atoms with Crippen LogP contribution in [0.5, 0.6) is 0 Å². The number of fused-ring (bicyclic) bond motifs is 1. The first-order valence-corrected chi connectivity index (χ1v) is 15.1. The van der Waals surface area contributed by atoms with E-state index in [0.29, 0.717) is 6.42 Å². The van der Waals surface area contributed by atoms with Gasteiger partial charge in [-0.1, -0.05) is 26.8 Å². The molecule has 2 heterocycles. The van der Waals surface area contributed by atoms with Crippen LogP contribution in [0.3, 0.4) is 0 Å². The molecule has 1 aliphatic carbocycles. The van der Waals surface area contributed by atoms with E-state index in [1.165, 1.54) is 6.42 Å². The molecule has 0 aromatic carbocycles. The minimum atomic E-state index is -2.11. The number of aliphatic hydroxyl groups excluding tert-OH is 1. The van der Waals surface area contributed by atoms with Crippen LogP contribution in [0, 0.1) is 11.8 Å². The Morgan fingerprint density at radius 1 is 1.21 bits per heavy atom. The minimum Gasteiger partial charge on any atom is -0.444 e. The zero-order valence-corrected chi connectivity index (χ0v) is 22.6. The van der Waals surface area contributed by atoms with E-state index in [1.807, 2.05) is 32.9 Å². The van der Waals surface area contributed by atoms with Gasteiger partial charge in [0.25, 0.3) is 0 Å². The van der Waals surface area contributed by atoms with E-state index in [1.54, 1.807) is 6.20 Å². The van der Waals surface area contributed by atoms with E-state index in [2.05, 4.69) is 49.1 Å². The Hall–Kier alpha value is -1.64. The van der Waals surface area contributed by atoms with Crippen LogP contribution in [-0.4, -0.2) is 55.8 Å². The molecule has 2 aliphatic rings. The summed E-state index contributed by atoms with van der Waals surface area (Å²) >= 11 is 0. The van der Waals surface area contributed by atoms with Gasteiger partial charge in [-0.3, -0.25) is 0 Å². The maximum Gasteiger partial charge on any atom is 0.407 e. The molecule has 33 heavy (non-hydrogen) atoms. The fourth-order valence-corrected chi connectivity index (χ4v) is 5.40. The van der Waals surface area contributed by atoms with E-state index >= 15 is 0 Å². The standard InChI is InChI=1S/C25H43N3O4Si/c1-24(2,3)31-23(30)27-14-20(32-33(7,8)25(4,5)6)12-21(29)17-9-10-22(26-13-17)28-15-18-11-19(18)16-28/h9-10,13,18-21,29H,11-12,14-16H2,1-8H3,(H,27,30)/t18?,19?,20-,21?/m0/s1. The molecule has 1 saturated heterocycles. The number of aliphatic hydroxyl groups is 1. The maximum atomic E-state index is 12.2. The van der Waals surface area contributed by atoms with Crippen molar-refractivity contribution >= 4 is 20.2 Å². The largest absolute Gasteiger partial charge is 0.444 e. The van der Waals surface area contributed by atoms with Crippen LogP contribution in [0.15, 0.2) is 18.3 Å².